The normalized spacial score (nSPS) is 27.2. The van der Waals surface area contributed by atoms with Gasteiger partial charge >= 0.3 is 5.97 Å². The minimum absolute atomic E-state index is 0.0973. The van der Waals surface area contributed by atoms with E-state index < -0.39 is 12.0 Å². The first-order valence-electron chi connectivity index (χ1n) is 9.32. The number of aliphatic carboxylic acids is 1. The Balaban J connectivity index is 1.73. The molecule has 0 aromatic heterocycles. The van der Waals surface area contributed by atoms with Crippen LogP contribution in [0.4, 0.5) is 0 Å². The molecule has 3 atom stereocenters. The summed E-state index contributed by atoms with van der Waals surface area (Å²) in [5.41, 5.74) is 0. The van der Waals surface area contributed by atoms with Crippen molar-refractivity contribution in [3.63, 3.8) is 0 Å². The average molecular weight is 340 g/mol. The standard InChI is InChI=1S/C18H32N2O4/c1-13(2)7-9-24-10-8-19-17(21)12-20-15-6-4-3-5-14(15)11-16(20)18(22)23/h13-16H,3-12H2,1-2H3,(H,19,21)(H,22,23). The van der Waals surface area contributed by atoms with Crippen molar-refractivity contribution in [2.24, 2.45) is 11.8 Å². The number of carbonyl (C=O) groups excluding carboxylic acids is 1. The number of nitrogens with zero attached hydrogens (tertiary/aromatic N) is 1. The van der Waals surface area contributed by atoms with Crippen LogP contribution >= 0.6 is 0 Å². The molecular formula is C18H32N2O4. The molecule has 1 saturated carbocycles. The predicted octanol–water partition coefficient (Wildman–Crippen LogP) is 1.88. The third-order valence-electron chi connectivity index (χ3n) is 5.24. The largest absolute Gasteiger partial charge is 0.480 e. The van der Waals surface area contributed by atoms with Gasteiger partial charge in [0.15, 0.2) is 0 Å². The monoisotopic (exact) mass is 340 g/mol. The smallest absolute Gasteiger partial charge is 0.320 e. The van der Waals surface area contributed by atoms with E-state index in [0.717, 1.165) is 25.7 Å². The Hall–Kier alpha value is -1.14. The van der Waals surface area contributed by atoms with Gasteiger partial charge in [-0.25, -0.2) is 0 Å². The lowest BCUT2D eigenvalue weighted by atomic mass is 9.85. The number of ether oxygens (including phenoxy) is 1. The summed E-state index contributed by atoms with van der Waals surface area (Å²) in [4.78, 5) is 25.6. The fraction of sp³-hybridized carbons (Fsp3) is 0.889. The van der Waals surface area contributed by atoms with E-state index in [1.54, 1.807) is 0 Å². The third-order valence-corrected chi connectivity index (χ3v) is 5.24. The molecule has 1 heterocycles. The third kappa shape index (κ3) is 5.45. The maximum Gasteiger partial charge on any atom is 0.320 e. The maximum absolute atomic E-state index is 12.2. The molecule has 138 valence electrons. The number of amides is 1. The second-order valence-corrected chi connectivity index (χ2v) is 7.52. The Morgan fingerprint density at radius 2 is 2.00 bits per heavy atom. The van der Waals surface area contributed by atoms with Crippen molar-refractivity contribution >= 4 is 11.9 Å². The SMILES string of the molecule is CC(C)CCOCCNC(=O)CN1C(C(=O)O)CC2CCCCC21. The number of carboxylic acid groups (broad SMARTS) is 1. The van der Waals surface area contributed by atoms with Crippen molar-refractivity contribution in [1.82, 2.24) is 10.2 Å². The quantitative estimate of drug-likeness (QED) is 0.627. The van der Waals surface area contributed by atoms with E-state index >= 15 is 0 Å². The zero-order valence-electron chi connectivity index (χ0n) is 15.0. The summed E-state index contributed by atoms with van der Waals surface area (Å²) < 4.78 is 5.49. The lowest BCUT2D eigenvalue weighted by Crippen LogP contribution is -2.48. The van der Waals surface area contributed by atoms with Crippen molar-refractivity contribution in [3.8, 4) is 0 Å². The summed E-state index contributed by atoms with van der Waals surface area (Å²) in [5, 5.41) is 12.3. The molecule has 0 radical (unpaired) electrons. The molecule has 0 spiro atoms. The number of hydrogen-bond donors (Lipinski definition) is 2. The molecule has 24 heavy (non-hydrogen) atoms. The van der Waals surface area contributed by atoms with Gasteiger partial charge in [-0.2, -0.15) is 0 Å². The van der Waals surface area contributed by atoms with Gasteiger partial charge in [0.1, 0.15) is 6.04 Å². The topological polar surface area (TPSA) is 78.9 Å². The Bertz CT molecular complexity index is 427. The predicted molar refractivity (Wildman–Crippen MR) is 91.8 cm³/mol. The van der Waals surface area contributed by atoms with Crippen molar-refractivity contribution < 1.29 is 19.4 Å². The highest BCUT2D eigenvalue weighted by molar-refractivity contribution is 5.80. The fourth-order valence-corrected chi connectivity index (χ4v) is 3.93. The van der Waals surface area contributed by atoms with Crippen molar-refractivity contribution in [2.45, 2.75) is 64.5 Å². The van der Waals surface area contributed by atoms with Crippen LogP contribution in [0, 0.1) is 11.8 Å². The molecule has 1 saturated heterocycles. The molecule has 1 amide bonds. The molecule has 2 N–H and O–H groups in total. The lowest BCUT2D eigenvalue weighted by molar-refractivity contribution is -0.143. The summed E-state index contributed by atoms with van der Waals surface area (Å²) in [6, 6.07) is -0.251. The minimum atomic E-state index is -0.797. The van der Waals surface area contributed by atoms with Gasteiger partial charge < -0.3 is 15.2 Å². The highest BCUT2D eigenvalue weighted by Crippen LogP contribution is 2.39. The van der Waals surface area contributed by atoms with Gasteiger partial charge in [-0.3, -0.25) is 14.5 Å². The fourth-order valence-electron chi connectivity index (χ4n) is 3.93. The van der Waals surface area contributed by atoms with Crippen LogP contribution in [-0.4, -0.2) is 60.3 Å². The molecule has 2 fully saturated rings. The first-order chi connectivity index (χ1) is 11.5. The molecule has 1 aliphatic heterocycles. The molecule has 0 bridgehead atoms. The minimum Gasteiger partial charge on any atom is -0.480 e. The van der Waals surface area contributed by atoms with Gasteiger partial charge in [-0.1, -0.05) is 26.7 Å². The van der Waals surface area contributed by atoms with E-state index in [1.165, 1.54) is 6.42 Å². The Morgan fingerprint density at radius 1 is 1.25 bits per heavy atom. The number of fused-ring (bicyclic) bond motifs is 1. The second kappa shape index (κ2) is 9.37. The van der Waals surface area contributed by atoms with E-state index in [2.05, 4.69) is 19.2 Å². The van der Waals surface area contributed by atoms with E-state index in [-0.39, 0.29) is 18.5 Å². The number of likely N-dealkylation sites (tertiary alicyclic amines) is 1. The molecule has 2 aliphatic rings. The summed E-state index contributed by atoms with van der Waals surface area (Å²) >= 11 is 0. The van der Waals surface area contributed by atoms with E-state index in [4.69, 9.17) is 4.74 Å². The number of hydrogen-bond acceptors (Lipinski definition) is 4. The van der Waals surface area contributed by atoms with E-state index in [0.29, 0.717) is 38.0 Å². The molecule has 6 heteroatoms. The van der Waals surface area contributed by atoms with E-state index in [9.17, 15) is 14.7 Å². The molecule has 0 aromatic rings. The van der Waals surface area contributed by atoms with Gasteiger partial charge in [0, 0.05) is 19.2 Å². The Kier molecular flexibility index (Phi) is 7.49. The molecule has 6 nitrogen and oxygen atoms in total. The first-order valence-corrected chi connectivity index (χ1v) is 9.32. The highest BCUT2D eigenvalue weighted by Gasteiger charge is 2.45. The lowest BCUT2D eigenvalue weighted by Gasteiger charge is -2.32. The summed E-state index contributed by atoms with van der Waals surface area (Å²) in [6.45, 7) is 6.19. The van der Waals surface area contributed by atoms with Crippen LogP contribution in [0.25, 0.3) is 0 Å². The molecule has 2 rings (SSSR count). The first kappa shape index (κ1) is 19.2. The summed E-state index contributed by atoms with van der Waals surface area (Å²) in [5.74, 6) is 0.160. The van der Waals surface area contributed by atoms with Gasteiger partial charge in [0.25, 0.3) is 0 Å². The van der Waals surface area contributed by atoms with Crippen LogP contribution < -0.4 is 5.32 Å². The zero-order valence-corrected chi connectivity index (χ0v) is 15.0. The number of carbonyl (C=O) groups is 2. The van der Waals surface area contributed by atoms with Gasteiger partial charge in [0.05, 0.1) is 13.2 Å². The number of nitrogens with one attached hydrogen (secondary N) is 1. The summed E-state index contributed by atoms with van der Waals surface area (Å²) in [7, 11) is 0. The number of rotatable bonds is 9. The Labute approximate surface area is 144 Å². The Morgan fingerprint density at radius 3 is 2.71 bits per heavy atom. The van der Waals surface area contributed by atoms with Crippen LogP contribution in [0.3, 0.4) is 0 Å². The summed E-state index contributed by atoms with van der Waals surface area (Å²) in [6.07, 6.45) is 6.13. The number of carboxylic acids is 1. The molecular weight excluding hydrogens is 308 g/mol. The van der Waals surface area contributed by atoms with Crippen LogP contribution in [0.2, 0.25) is 0 Å². The van der Waals surface area contributed by atoms with Crippen molar-refractivity contribution in [2.75, 3.05) is 26.3 Å². The van der Waals surface area contributed by atoms with Gasteiger partial charge in [0.2, 0.25) is 5.91 Å². The molecule has 1 aliphatic carbocycles. The van der Waals surface area contributed by atoms with Gasteiger partial charge in [-0.15, -0.1) is 0 Å². The highest BCUT2D eigenvalue weighted by atomic mass is 16.5. The van der Waals surface area contributed by atoms with Crippen LogP contribution in [0.5, 0.6) is 0 Å². The van der Waals surface area contributed by atoms with Crippen LogP contribution in [0.1, 0.15) is 52.4 Å². The molecule has 3 unspecified atom stereocenters. The van der Waals surface area contributed by atoms with Gasteiger partial charge in [-0.05, 0) is 37.5 Å². The average Bonchev–Trinajstić information content (AvgIpc) is 2.89. The van der Waals surface area contributed by atoms with Crippen LogP contribution in [-0.2, 0) is 14.3 Å². The maximum atomic E-state index is 12.2. The zero-order chi connectivity index (χ0) is 17.5. The van der Waals surface area contributed by atoms with E-state index in [1.807, 2.05) is 4.90 Å². The second-order valence-electron chi connectivity index (χ2n) is 7.52. The molecule has 0 aromatic carbocycles. The van der Waals surface area contributed by atoms with Crippen LogP contribution in [0.15, 0.2) is 0 Å². The van der Waals surface area contributed by atoms with Crippen molar-refractivity contribution in [1.29, 1.82) is 0 Å². The van der Waals surface area contributed by atoms with Crippen molar-refractivity contribution in [3.05, 3.63) is 0 Å².